The molecule has 0 aliphatic heterocycles. The van der Waals surface area contributed by atoms with E-state index in [1.54, 1.807) is 0 Å². The van der Waals surface area contributed by atoms with E-state index in [0.717, 1.165) is 18.5 Å². The summed E-state index contributed by atoms with van der Waals surface area (Å²) in [6.45, 7) is 9.14. The first kappa shape index (κ1) is 15.4. The average molecular weight is 322 g/mol. The molecule has 5 N–H and O–H groups in total. The SMILES string of the molecule is CC1(C)CC2(CC(C)(C)c3cc(N)c(O)cc32)c2ccc(N)cc21. The van der Waals surface area contributed by atoms with Crippen molar-refractivity contribution in [2.45, 2.75) is 56.8 Å². The number of phenols is 1. The predicted molar refractivity (Wildman–Crippen MR) is 99.4 cm³/mol. The second kappa shape index (κ2) is 4.27. The minimum Gasteiger partial charge on any atom is -0.506 e. The van der Waals surface area contributed by atoms with Crippen LogP contribution >= 0.6 is 0 Å². The lowest BCUT2D eigenvalue weighted by molar-refractivity contribution is 0.349. The van der Waals surface area contributed by atoms with Gasteiger partial charge in [-0.15, -0.1) is 0 Å². The lowest BCUT2D eigenvalue weighted by atomic mass is 9.72. The standard InChI is InChI=1S/C21H26N2O/c1-19(2)10-21(13-6-5-12(22)7-14(13)19)11-20(3,4)15-8-17(23)18(24)9-16(15)21/h5-9,24H,10-11,22-23H2,1-4H3. The maximum absolute atomic E-state index is 10.3. The normalized spacial score (nSPS) is 25.7. The molecular weight excluding hydrogens is 296 g/mol. The summed E-state index contributed by atoms with van der Waals surface area (Å²) in [5.41, 5.74) is 18.6. The highest BCUT2D eigenvalue weighted by Crippen LogP contribution is 2.63. The largest absolute Gasteiger partial charge is 0.506 e. The molecule has 1 atom stereocenters. The van der Waals surface area contributed by atoms with Crippen LogP contribution in [0.3, 0.4) is 0 Å². The van der Waals surface area contributed by atoms with Crippen molar-refractivity contribution in [3.8, 4) is 5.75 Å². The topological polar surface area (TPSA) is 72.3 Å². The van der Waals surface area contributed by atoms with Crippen molar-refractivity contribution in [2.75, 3.05) is 11.5 Å². The third kappa shape index (κ3) is 1.78. The third-order valence-corrected chi connectivity index (χ3v) is 6.19. The molecule has 0 aromatic heterocycles. The number of nitrogen functional groups attached to an aromatic ring is 2. The fourth-order valence-corrected chi connectivity index (χ4v) is 5.39. The molecule has 3 heteroatoms. The molecule has 0 radical (unpaired) electrons. The Morgan fingerprint density at radius 1 is 0.792 bits per heavy atom. The van der Waals surface area contributed by atoms with Crippen molar-refractivity contribution in [1.82, 2.24) is 0 Å². The average Bonchev–Trinajstić information content (AvgIpc) is 2.80. The summed E-state index contributed by atoms with van der Waals surface area (Å²) in [5.74, 6) is 0.188. The summed E-state index contributed by atoms with van der Waals surface area (Å²) in [5, 5.41) is 10.3. The number of fused-ring (bicyclic) bond motifs is 4. The van der Waals surface area contributed by atoms with Crippen molar-refractivity contribution in [3.05, 3.63) is 52.6 Å². The van der Waals surface area contributed by atoms with E-state index < -0.39 is 0 Å². The van der Waals surface area contributed by atoms with Crippen LogP contribution in [0.25, 0.3) is 0 Å². The highest BCUT2D eigenvalue weighted by molar-refractivity contribution is 5.67. The van der Waals surface area contributed by atoms with Gasteiger partial charge in [0, 0.05) is 11.1 Å². The molecule has 0 fully saturated rings. The zero-order chi connectivity index (χ0) is 17.5. The number of nitrogens with two attached hydrogens (primary N) is 2. The number of aromatic hydroxyl groups is 1. The highest BCUT2D eigenvalue weighted by atomic mass is 16.3. The molecular formula is C21H26N2O. The van der Waals surface area contributed by atoms with E-state index >= 15 is 0 Å². The second-order valence-electron chi connectivity index (χ2n) is 8.97. The van der Waals surface area contributed by atoms with Gasteiger partial charge < -0.3 is 16.6 Å². The first-order valence-corrected chi connectivity index (χ1v) is 8.61. The lowest BCUT2D eigenvalue weighted by Crippen LogP contribution is -2.26. The van der Waals surface area contributed by atoms with Crippen LogP contribution in [0.2, 0.25) is 0 Å². The molecule has 0 heterocycles. The smallest absolute Gasteiger partial charge is 0.138 e. The Hall–Kier alpha value is -2.16. The Kier molecular flexibility index (Phi) is 2.73. The molecule has 0 amide bonds. The van der Waals surface area contributed by atoms with Gasteiger partial charge in [0.2, 0.25) is 0 Å². The van der Waals surface area contributed by atoms with Crippen LogP contribution in [0.4, 0.5) is 11.4 Å². The van der Waals surface area contributed by atoms with Crippen LogP contribution in [0.1, 0.15) is 62.8 Å². The molecule has 1 spiro atoms. The zero-order valence-corrected chi connectivity index (χ0v) is 14.9. The predicted octanol–water partition coefficient (Wildman–Crippen LogP) is 4.21. The number of hydrogen-bond acceptors (Lipinski definition) is 3. The maximum atomic E-state index is 10.3. The van der Waals surface area contributed by atoms with E-state index in [1.807, 2.05) is 18.2 Å². The van der Waals surface area contributed by atoms with E-state index in [4.69, 9.17) is 11.5 Å². The molecule has 3 nitrogen and oxygen atoms in total. The summed E-state index contributed by atoms with van der Waals surface area (Å²) in [6, 6.07) is 10.2. The summed E-state index contributed by atoms with van der Waals surface area (Å²) in [7, 11) is 0. The van der Waals surface area contributed by atoms with Gasteiger partial charge in [-0.3, -0.25) is 0 Å². The van der Waals surface area contributed by atoms with Crippen molar-refractivity contribution < 1.29 is 5.11 Å². The van der Waals surface area contributed by atoms with E-state index in [9.17, 15) is 5.11 Å². The summed E-state index contributed by atoms with van der Waals surface area (Å²) < 4.78 is 0. The Labute approximate surface area is 143 Å². The summed E-state index contributed by atoms with van der Waals surface area (Å²) in [4.78, 5) is 0. The monoisotopic (exact) mass is 322 g/mol. The van der Waals surface area contributed by atoms with Gasteiger partial charge in [0.25, 0.3) is 0 Å². The van der Waals surface area contributed by atoms with E-state index in [-0.39, 0.29) is 22.0 Å². The molecule has 1 unspecified atom stereocenters. The van der Waals surface area contributed by atoms with Gasteiger partial charge in [-0.05, 0) is 70.2 Å². The van der Waals surface area contributed by atoms with Crippen LogP contribution < -0.4 is 11.5 Å². The van der Waals surface area contributed by atoms with E-state index in [1.165, 1.54) is 22.3 Å². The quantitative estimate of drug-likeness (QED) is 0.502. The van der Waals surface area contributed by atoms with Gasteiger partial charge in [-0.25, -0.2) is 0 Å². The second-order valence-corrected chi connectivity index (χ2v) is 8.97. The molecule has 24 heavy (non-hydrogen) atoms. The van der Waals surface area contributed by atoms with Crippen LogP contribution in [-0.4, -0.2) is 5.11 Å². The number of anilines is 2. The van der Waals surface area contributed by atoms with Crippen LogP contribution in [0.15, 0.2) is 30.3 Å². The molecule has 2 aromatic carbocycles. The van der Waals surface area contributed by atoms with E-state index in [0.29, 0.717) is 5.69 Å². The minimum atomic E-state index is -0.0729. The number of rotatable bonds is 0. The van der Waals surface area contributed by atoms with Crippen molar-refractivity contribution in [3.63, 3.8) is 0 Å². The first-order valence-electron chi connectivity index (χ1n) is 8.61. The Morgan fingerprint density at radius 2 is 1.38 bits per heavy atom. The minimum absolute atomic E-state index is 0.0240. The molecule has 4 rings (SSSR count). The molecule has 0 saturated heterocycles. The lowest BCUT2D eigenvalue weighted by Gasteiger charge is -2.30. The zero-order valence-electron chi connectivity index (χ0n) is 14.9. The van der Waals surface area contributed by atoms with Crippen LogP contribution in [0.5, 0.6) is 5.75 Å². The molecule has 126 valence electrons. The number of hydrogen-bond donors (Lipinski definition) is 3. The van der Waals surface area contributed by atoms with Crippen molar-refractivity contribution in [2.24, 2.45) is 0 Å². The Balaban J connectivity index is 2.05. The number of phenolic OH excluding ortho intramolecular Hbond substituents is 1. The van der Waals surface area contributed by atoms with Crippen LogP contribution in [0, 0.1) is 0 Å². The van der Waals surface area contributed by atoms with Gasteiger partial charge in [-0.1, -0.05) is 33.8 Å². The van der Waals surface area contributed by atoms with Gasteiger partial charge in [0.05, 0.1) is 5.69 Å². The summed E-state index contributed by atoms with van der Waals surface area (Å²) >= 11 is 0. The molecule has 2 aliphatic carbocycles. The Morgan fingerprint density at radius 3 is 2.00 bits per heavy atom. The highest BCUT2D eigenvalue weighted by Gasteiger charge is 2.56. The maximum Gasteiger partial charge on any atom is 0.138 e. The van der Waals surface area contributed by atoms with Gasteiger partial charge >= 0.3 is 0 Å². The van der Waals surface area contributed by atoms with Crippen molar-refractivity contribution >= 4 is 11.4 Å². The molecule has 0 saturated carbocycles. The molecule has 0 bridgehead atoms. The van der Waals surface area contributed by atoms with Crippen molar-refractivity contribution in [1.29, 1.82) is 0 Å². The van der Waals surface area contributed by atoms with Gasteiger partial charge in [0.15, 0.2) is 0 Å². The molecule has 2 aliphatic rings. The van der Waals surface area contributed by atoms with Gasteiger partial charge in [-0.2, -0.15) is 0 Å². The fraction of sp³-hybridized carbons (Fsp3) is 0.429. The molecule has 2 aromatic rings. The first-order chi connectivity index (χ1) is 11.1. The third-order valence-electron chi connectivity index (χ3n) is 6.19. The number of benzene rings is 2. The van der Waals surface area contributed by atoms with Crippen LogP contribution in [-0.2, 0) is 16.2 Å². The summed E-state index contributed by atoms with van der Waals surface area (Å²) in [6.07, 6.45) is 2.05. The van der Waals surface area contributed by atoms with E-state index in [2.05, 4.69) is 39.8 Å². The van der Waals surface area contributed by atoms with Gasteiger partial charge in [0.1, 0.15) is 5.75 Å². The Bertz CT molecular complexity index is 862. The fourth-order valence-electron chi connectivity index (χ4n) is 5.39.